The number of pyridine rings is 1. The minimum atomic E-state index is -0.0486. The van der Waals surface area contributed by atoms with Crippen molar-refractivity contribution in [1.82, 2.24) is 19.9 Å². The van der Waals surface area contributed by atoms with Crippen LogP contribution in [0.5, 0.6) is 11.6 Å². The van der Waals surface area contributed by atoms with Gasteiger partial charge in [0.25, 0.3) is 5.91 Å². The van der Waals surface area contributed by atoms with Crippen molar-refractivity contribution >= 4 is 11.7 Å². The molecule has 0 radical (unpaired) electrons. The van der Waals surface area contributed by atoms with Crippen LogP contribution in [0, 0.1) is 6.92 Å². The van der Waals surface area contributed by atoms with Gasteiger partial charge in [-0.3, -0.25) is 9.78 Å². The highest BCUT2D eigenvalue weighted by atomic mass is 16.5. The number of anilines is 1. The first-order chi connectivity index (χ1) is 14.1. The maximum absolute atomic E-state index is 12.9. The molecule has 1 fully saturated rings. The maximum atomic E-state index is 12.9. The summed E-state index contributed by atoms with van der Waals surface area (Å²) in [5.41, 5.74) is 7.98. The largest absolute Gasteiger partial charge is 0.437 e. The van der Waals surface area contributed by atoms with Gasteiger partial charge in [0.2, 0.25) is 5.88 Å². The number of ether oxygens (including phenoxy) is 1. The van der Waals surface area contributed by atoms with Gasteiger partial charge in [-0.2, -0.15) is 0 Å². The lowest BCUT2D eigenvalue weighted by Gasteiger charge is -2.32. The highest BCUT2D eigenvalue weighted by Gasteiger charge is 2.29. The van der Waals surface area contributed by atoms with Gasteiger partial charge < -0.3 is 15.4 Å². The summed E-state index contributed by atoms with van der Waals surface area (Å²) in [6.07, 6.45) is 6.63. The van der Waals surface area contributed by atoms with Gasteiger partial charge in [-0.05, 0) is 43.5 Å². The number of nitrogens with two attached hydrogens (primary N) is 1. The zero-order valence-electron chi connectivity index (χ0n) is 16.3. The minimum absolute atomic E-state index is 0.0486. The van der Waals surface area contributed by atoms with Gasteiger partial charge >= 0.3 is 0 Å². The van der Waals surface area contributed by atoms with Crippen LogP contribution in [0.15, 0.2) is 55.0 Å². The van der Waals surface area contributed by atoms with Crippen molar-refractivity contribution in [3.63, 3.8) is 0 Å². The second kappa shape index (κ2) is 8.26. The number of carbonyl (C=O) groups is 1. The summed E-state index contributed by atoms with van der Waals surface area (Å²) < 4.78 is 6.09. The molecule has 148 valence electrons. The molecule has 4 rings (SSSR count). The van der Waals surface area contributed by atoms with Crippen LogP contribution in [0.4, 0.5) is 5.82 Å². The number of hydrogen-bond donors (Lipinski definition) is 1. The summed E-state index contributed by atoms with van der Waals surface area (Å²) in [4.78, 5) is 27.7. The van der Waals surface area contributed by atoms with Crippen LogP contribution in [0.1, 0.15) is 40.4 Å². The van der Waals surface area contributed by atoms with Crippen LogP contribution in [0.2, 0.25) is 0 Å². The number of aromatic nitrogens is 3. The van der Waals surface area contributed by atoms with E-state index >= 15 is 0 Å². The Morgan fingerprint density at radius 1 is 1.14 bits per heavy atom. The van der Waals surface area contributed by atoms with Gasteiger partial charge in [-0.15, -0.1) is 0 Å². The normalized spacial score (nSPS) is 16.4. The molecule has 29 heavy (non-hydrogen) atoms. The summed E-state index contributed by atoms with van der Waals surface area (Å²) >= 11 is 0. The Morgan fingerprint density at radius 3 is 2.76 bits per heavy atom. The molecule has 2 aromatic heterocycles. The fourth-order valence-corrected chi connectivity index (χ4v) is 3.57. The molecule has 1 aromatic carbocycles. The van der Waals surface area contributed by atoms with Crippen LogP contribution in [-0.4, -0.2) is 38.8 Å². The summed E-state index contributed by atoms with van der Waals surface area (Å²) in [6.45, 7) is 3.26. The maximum Gasteiger partial charge on any atom is 0.255 e. The Bertz CT molecular complexity index is 1010. The molecule has 1 saturated heterocycles. The Hall–Kier alpha value is -3.48. The van der Waals surface area contributed by atoms with E-state index in [9.17, 15) is 4.79 Å². The van der Waals surface area contributed by atoms with Crippen molar-refractivity contribution in [3.05, 3.63) is 71.8 Å². The molecule has 3 aromatic rings. The van der Waals surface area contributed by atoms with E-state index in [0.717, 1.165) is 29.8 Å². The van der Waals surface area contributed by atoms with Crippen molar-refractivity contribution in [2.24, 2.45) is 0 Å². The van der Waals surface area contributed by atoms with E-state index in [-0.39, 0.29) is 11.8 Å². The monoisotopic (exact) mass is 389 g/mol. The fraction of sp³-hybridized carbons (Fsp3) is 0.273. The zero-order chi connectivity index (χ0) is 20.2. The van der Waals surface area contributed by atoms with Crippen molar-refractivity contribution in [3.8, 4) is 11.6 Å². The first kappa shape index (κ1) is 18.9. The summed E-state index contributed by atoms with van der Waals surface area (Å²) in [5.74, 6) is 1.66. The van der Waals surface area contributed by atoms with Crippen molar-refractivity contribution in [2.45, 2.75) is 25.7 Å². The molecule has 1 amide bonds. The number of para-hydroxylation sites is 1. The van der Waals surface area contributed by atoms with Crippen LogP contribution in [-0.2, 0) is 0 Å². The van der Waals surface area contributed by atoms with Crippen LogP contribution in [0.3, 0.4) is 0 Å². The van der Waals surface area contributed by atoms with Crippen LogP contribution >= 0.6 is 0 Å². The highest BCUT2D eigenvalue weighted by molar-refractivity contribution is 5.94. The third kappa shape index (κ3) is 4.18. The van der Waals surface area contributed by atoms with Crippen molar-refractivity contribution < 1.29 is 9.53 Å². The number of aryl methyl sites for hydroxylation is 1. The van der Waals surface area contributed by atoms with E-state index in [1.54, 1.807) is 24.5 Å². The van der Waals surface area contributed by atoms with Gasteiger partial charge in [-0.1, -0.05) is 18.2 Å². The highest BCUT2D eigenvalue weighted by Crippen LogP contribution is 2.33. The Balaban J connectivity index is 1.55. The first-order valence-electron chi connectivity index (χ1n) is 9.67. The van der Waals surface area contributed by atoms with E-state index in [4.69, 9.17) is 10.5 Å². The Labute approximate surface area is 169 Å². The number of hydrogen-bond acceptors (Lipinski definition) is 6. The molecule has 1 aliphatic heterocycles. The number of likely N-dealkylation sites (tertiary alicyclic amines) is 1. The van der Waals surface area contributed by atoms with E-state index in [2.05, 4.69) is 15.0 Å². The summed E-state index contributed by atoms with van der Waals surface area (Å²) in [7, 11) is 0. The Morgan fingerprint density at radius 2 is 1.97 bits per heavy atom. The second-order valence-electron chi connectivity index (χ2n) is 7.18. The predicted octanol–water partition coefficient (Wildman–Crippen LogP) is 3.57. The predicted molar refractivity (Wildman–Crippen MR) is 110 cm³/mol. The van der Waals surface area contributed by atoms with E-state index in [1.165, 1.54) is 6.20 Å². The van der Waals surface area contributed by atoms with Crippen LogP contribution in [0.25, 0.3) is 0 Å². The molecule has 0 saturated carbocycles. The first-order valence-corrected chi connectivity index (χ1v) is 9.67. The van der Waals surface area contributed by atoms with Crippen molar-refractivity contribution in [1.29, 1.82) is 0 Å². The third-order valence-electron chi connectivity index (χ3n) is 5.12. The van der Waals surface area contributed by atoms with Crippen LogP contribution < -0.4 is 10.5 Å². The number of piperidine rings is 1. The molecule has 0 aliphatic carbocycles. The number of benzene rings is 1. The van der Waals surface area contributed by atoms with Gasteiger partial charge in [-0.25, -0.2) is 9.97 Å². The van der Waals surface area contributed by atoms with Crippen molar-refractivity contribution in [2.75, 3.05) is 18.8 Å². The number of amides is 1. The molecular weight excluding hydrogens is 366 g/mol. The molecule has 0 bridgehead atoms. The minimum Gasteiger partial charge on any atom is -0.437 e. The zero-order valence-corrected chi connectivity index (χ0v) is 16.3. The SMILES string of the molecule is Cc1ccccc1Oc1nccnc1[C@H]1CCCN(C(=O)c2ccc(N)nc2)C1. The van der Waals surface area contributed by atoms with E-state index < -0.39 is 0 Å². The van der Waals surface area contributed by atoms with E-state index in [1.807, 2.05) is 36.1 Å². The summed E-state index contributed by atoms with van der Waals surface area (Å²) in [6, 6.07) is 11.2. The lowest BCUT2D eigenvalue weighted by atomic mass is 9.94. The third-order valence-corrected chi connectivity index (χ3v) is 5.12. The molecular formula is C22H23N5O2. The molecule has 2 N–H and O–H groups in total. The molecule has 3 heterocycles. The average Bonchev–Trinajstić information content (AvgIpc) is 2.76. The number of carbonyl (C=O) groups excluding carboxylic acids is 1. The van der Waals surface area contributed by atoms with E-state index in [0.29, 0.717) is 30.4 Å². The fourth-order valence-electron chi connectivity index (χ4n) is 3.57. The standard InChI is InChI=1S/C22H23N5O2/c1-15-5-2-3-7-18(15)29-21-20(24-10-11-25-21)17-6-4-12-27(14-17)22(28)16-8-9-19(23)26-13-16/h2-3,5,7-11,13,17H,4,6,12,14H2,1H3,(H2,23,26)/t17-/m0/s1. The molecule has 1 aliphatic rings. The Kier molecular flexibility index (Phi) is 5.37. The lowest BCUT2D eigenvalue weighted by molar-refractivity contribution is 0.0704. The second-order valence-corrected chi connectivity index (χ2v) is 7.18. The topological polar surface area (TPSA) is 94.2 Å². The quantitative estimate of drug-likeness (QED) is 0.733. The van der Waals surface area contributed by atoms with Gasteiger partial charge in [0.1, 0.15) is 17.3 Å². The number of nitrogen functional groups attached to an aromatic ring is 1. The molecule has 0 spiro atoms. The lowest BCUT2D eigenvalue weighted by Crippen LogP contribution is -2.39. The summed E-state index contributed by atoms with van der Waals surface area (Å²) in [5, 5.41) is 0. The molecule has 7 nitrogen and oxygen atoms in total. The van der Waals surface area contributed by atoms with Gasteiger partial charge in [0.15, 0.2) is 0 Å². The molecule has 0 unspecified atom stereocenters. The molecule has 1 atom stereocenters. The van der Waals surface area contributed by atoms with Gasteiger partial charge in [0.05, 0.1) is 5.56 Å². The number of rotatable bonds is 4. The smallest absolute Gasteiger partial charge is 0.255 e. The average molecular weight is 389 g/mol. The van der Waals surface area contributed by atoms with Gasteiger partial charge in [0, 0.05) is 37.6 Å². The number of nitrogens with zero attached hydrogens (tertiary/aromatic N) is 4. The molecule has 7 heteroatoms.